The van der Waals surface area contributed by atoms with E-state index in [1.807, 2.05) is 17.9 Å². The maximum atomic E-state index is 12.3. The first-order chi connectivity index (χ1) is 11.6. The first kappa shape index (κ1) is 17.4. The number of piperazine rings is 1. The van der Waals surface area contributed by atoms with E-state index in [0.717, 1.165) is 57.0 Å². The van der Waals surface area contributed by atoms with Gasteiger partial charge in [0.15, 0.2) is 0 Å². The van der Waals surface area contributed by atoms with Crippen molar-refractivity contribution in [3.8, 4) is 0 Å². The lowest BCUT2D eigenvalue weighted by Crippen LogP contribution is -2.52. The van der Waals surface area contributed by atoms with Gasteiger partial charge in [0.05, 0.1) is 17.5 Å². The molecule has 1 N–H and O–H groups in total. The maximum Gasteiger partial charge on any atom is 0.261 e. The van der Waals surface area contributed by atoms with Gasteiger partial charge in [-0.05, 0) is 31.9 Å². The van der Waals surface area contributed by atoms with Crippen molar-refractivity contribution in [2.24, 2.45) is 0 Å². The predicted molar refractivity (Wildman–Crippen MR) is 93.4 cm³/mol. The Morgan fingerprint density at radius 1 is 1.29 bits per heavy atom. The number of thiophene rings is 1. The van der Waals surface area contributed by atoms with Gasteiger partial charge in [-0.2, -0.15) is 0 Å². The quantitative estimate of drug-likeness (QED) is 0.863. The number of hydrogen-bond acceptors (Lipinski definition) is 5. The van der Waals surface area contributed by atoms with Crippen LogP contribution in [-0.2, 0) is 9.53 Å². The predicted octanol–water partition coefficient (Wildman–Crippen LogP) is 1.11. The van der Waals surface area contributed by atoms with Crippen LogP contribution in [0, 0.1) is 6.92 Å². The molecule has 0 saturated carbocycles. The van der Waals surface area contributed by atoms with Crippen LogP contribution in [0.1, 0.15) is 27.4 Å². The molecule has 2 saturated heterocycles. The third-order valence-electron chi connectivity index (χ3n) is 4.58. The summed E-state index contributed by atoms with van der Waals surface area (Å²) in [4.78, 5) is 30.2. The average molecular weight is 351 g/mol. The molecule has 0 aliphatic carbocycles. The van der Waals surface area contributed by atoms with Gasteiger partial charge in [0.1, 0.15) is 0 Å². The molecule has 1 atom stereocenters. The van der Waals surface area contributed by atoms with E-state index in [2.05, 4.69) is 10.2 Å². The molecule has 24 heavy (non-hydrogen) atoms. The van der Waals surface area contributed by atoms with Crippen LogP contribution in [0.3, 0.4) is 0 Å². The number of carbonyl (C=O) groups excluding carboxylic acids is 2. The number of amides is 2. The van der Waals surface area contributed by atoms with E-state index in [9.17, 15) is 9.59 Å². The molecule has 6 nitrogen and oxygen atoms in total. The summed E-state index contributed by atoms with van der Waals surface area (Å²) < 4.78 is 5.67. The molecular formula is C17H25N3O3S. The van der Waals surface area contributed by atoms with E-state index in [0.29, 0.717) is 11.0 Å². The molecule has 3 heterocycles. The minimum atomic E-state index is -0.168. The zero-order valence-electron chi connectivity index (χ0n) is 14.1. The molecule has 2 aliphatic rings. The number of rotatable bonds is 5. The largest absolute Gasteiger partial charge is 0.377 e. The summed E-state index contributed by atoms with van der Waals surface area (Å²) >= 11 is 1.44. The minimum Gasteiger partial charge on any atom is -0.377 e. The fourth-order valence-electron chi connectivity index (χ4n) is 3.17. The van der Waals surface area contributed by atoms with Crippen LogP contribution in [-0.4, -0.2) is 73.6 Å². The highest BCUT2D eigenvalue weighted by molar-refractivity contribution is 7.13. The van der Waals surface area contributed by atoms with Gasteiger partial charge in [-0.1, -0.05) is 0 Å². The van der Waals surface area contributed by atoms with Gasteiger partial charge in [-0.3, -0.25) is 14.5 Å². The van der Waals surface area contributed by atoms with Crippen molar-refractivity contribution in [3.05, 3.63) is 21.9 Å². The summed E-state index contributed by atoms with van der Waals surface area (Å²) in [5.74, 6) is -0.174. The number of hydrogen-bond donors (Lipinski definition) is 1. The van der Waals surface area contributed by atoms with Gasteiger partial charge < -0.3 is 15.0 Å². The highest BCUT2D eigenvalue weighted by Crippen LogP contribution is 2.15. The first-order valence-corrected chi connectivity index (χ1v) is 9.40. The van der Waals surface area contributed by atoms with E-state index < -0.39 is 0 Å². The third-order valence-corrected chi connectivity index (χ3v) is 5.57. The maximum absolute atomic E-state index is 12.3. The normalized spacial score (nSPS) is 21.9. The minimum absolute atomic E-state index is 0.00612. The fraction of sp³-hybridized carbons (Fsp3) is 0.647. The van der Waals surface area contributed by atoms with Gasteiger partial charge in [0.2, 0.25) is 5.91 Å². The lowest BCUT2D eigenvalue weighted by atomic mass is 10.2. The van der Waals surface area contributed by atoms with Crippen molar-refractivity contribution in [1.29, 1.82) is 0 Å². The molecule has 2 amide bonds. The summed E-state index contributed by atoms with van der Waals surface area (Å²) in [7, 11) is 0. The second-order valence-electron chi connectivity index (χ2n) is 6.41. The molecule has 1 aromatic rings. The van der Waals surface area contributed by atoms with Gasteiger partial charge in [-0.25, -0.2) is 0 Å². The summed E-state index contributed by atoms with van der Waals surface area (Å²) in [6.07, 6.45) is 2.67. The highest BCUT2D eigenvalue weighted by atomic mass is 32.1. The van der Waals surface area contributed by atoms with E-state index >= 15 is 0 Å². The van der Waals surface area contributed by atoms with Crippen LogP contribution in [0.5, 0.6) is 0 Å². The monoisotopic (exact) mass is 351 g/mol. The highest BCUT2D eigenvalue weighted by Gasteiger charge is 2.25. The zero-order chi connectivity index (χ0) is 16.9. The van der Waals surface area contributed by atoms with Gasteiger partial charge in [-0.15, -0.1) is 11.3 Å². The van der Waals surface area contributed by atoms with Crippen LogP contribution in [0.25, 0.3) is 0 Å². The Hall–Kier alpha value is -1.44. The summed E-state index contributed by atoms with van der Waals surface area (Å²) in [5.41, 5.74) is 0. The standard InChI is InChI=1S/C17H25N3O3S/c1-13-4-5-15(24-13)17(22)18-11-16(21)20-8-6-19(7-9-20)12-14-3-2-10-23-14/h4-5,14H,2-3,6-12H2,1H3,(H,18,22)/t14-/m1/s1. The van der Waals surface area contributed by atoms with Crippen molar-refractivity contribution in [2.45, 2.75) is 25.9 Å². The number of aryl methyl sites for hydroxylation is 1. The third kappa shape index (κ3) is 4.55. The van der Waals surface area contributed by atoms with Crippen molar-refractivity contribution in [1.82, 2.24) is 15.1 Å². The zero-order valence-corrected chi connectivity index (χ0v) is 14.9. The van der Waals surface area contributed by atoms with Crippen molar-refractivity contribution >= 4 is 23.2 Å². The van der Waals surface area contributed by atoms with Crippen LogP contribution < -0.4 is 5.32 Å². The summed E-state index contributed by atoms with van der Waals surface area (Å²) in [6, 6.07) is 3.71. The van der Waals surface area contributed by atoms with Crippen molar-refractivity contribution < 1.29 is 14.3 Å². The van der Waals surface area contributed by atoms with E-state index in [1.54, 1.807) is 6.07 Å². The Kier molecular flexibility index (Phi) is 5.86. The lowest BCUT2D eigenvalue weighted by molar-refractivity contribution is -0.132. The van der Waals surface area contributed by atoms with Gasteiger partial charge in [0, 0.05) is 44.2 Å². The number of nitrogens with zero attached hydrogens (tertiary/aromatic N) is 2. The first-order valence-electron chi connectivity index (χ1n) is 8.58. The van der Waals surface area contributed by atoms with Gasteiger partial charge in [0.25, 0.3) is 5.91 Å². The molecule has 7 heteroatoms. The van der Waals surface area contributed by atoms with Crippen LogP contribution in [0.2, 0.25) is 0 Å². The molecule has 3 rings (SSSR count). The molecule has 2 fully saturated rings. The van der Waals surface area contributed by atoms with Crippen molar-refractivity contribution in [3.63, 3.8) is 0 Å². The van der Waals surface area contributed by atoms with Crippen LogP contribution in [0.15, 0.2) is 12.1 Å². The fourth-order valence-corrected chi connectivity index (χ4v) is 3.95. The molecule has 0 spiro atoms. The molecule has 0 bridgehead atoms. The summed E-state index contributed by atoms with van der Waals surface area (Å²) in [5, 5.41) is 2.73. The van der Waals surface area contributed by atoms with E-state index in [1.165, 1.54) is 11.3 Å². The lowest BCUT2D eigenvalue weighted by Gasteiger charge is -2.35. The van der Waals surface area contributed by atoms with Crippen molar-refractivity contribution in [2.75, 3.05) is 45.9 Å². The van der Waals surface area contributed by atoms with Crippen LogP contribution >= 0.6 is 11.3 Å². The SMILES string of the molecule is Cc1ccc(C(=O)NCC(=O)N2CCN(C[C@H]3CCCO3)CC2)s1. The molecule has 0 radical (unpaired) electrons. The molecule has 2 aliphatic heterocycles. The molecule has 132 valence electrons. The average Bonchev–Trinajstić information content (AvgIpc) is 3.24. The van der Waals surface area contributed by atoms with Crippen LogP contribution in [0.4, 0.5) is 0 Å². The number of carbonyl (C=O) groups is 2. The van der Waals surface area contributed by atoms with Gasteiger partial charge >= 0.3 is 0 Å². The second kappa shape index (κ2) is 8.09. The molecule has 0 aromatic carbocycles. The Morgan fingerprint density at radius 3 is 2.71 bits per heavy atom. The number of ether oxygens (including phenoxy) is 1. The van der Waals surface area contributed by atoms with E-state index in [4.69, 9.17) is 4.74 Å². The summed E-state index contributed by atoms with van der Waals surface area (Å²) in [6.45, 7) is 7.08. The molecule has 0 unspecified atom stereocenters. The Bertz CT molecular complexity index is 575. The molecule has 1 aromatic heterocycles. The van der Waals surface area contributed by atoms with E-state index in [-0.39, 0.29) is 18.4 Å². The number of nitrogens with one attached hydrogen (secondary N) is 1. The Balaban J connectivity index is 1.38. The topological polar surface area (TPSA) is 61.9 Å². The second-order valence-corrected chi connectivity index (χ2v) is 7.70. The molecular weight excluding hydrogens is 326 g/mol. The smallest absolute Gasteiger partial charge is 0.261 e. The Labute approximate surface area is 146 Å². The Morgan fingerprint density at radius 2 is 2.08 bits per heavy atom.